The molecule has 1 saturated carbocycles. The molecule has 2 heteroatoms. The van der Waals surface area contributed by atoms with Gasteiger partial charge in [0.2, 0.25) is 0 Å². The van der Waals surface area contributed by atoms with E-state index >= 15 is 0 Å². The molecule has 0 N–H and O–H groups in total. The molecule has 0 saturated heterocycles. The number of allylic oxidation sites excluding steroid dienone is 1. The number of hydrogen-bond donors (Lipinski definition) is 0. The van der Waals surface area contributed by atoms with Gasteiger partial charge in [-0.05, 0) is 54.5 Å². The van der Waals surface area contributed by atoms with Crippen LogP contribution in [0.3, 0.4) is 0 Å². The summed E-state index contributed by atoms with van der Waals surface area (Å²) in [7, 11) is 0. The molecular formula is C17H21ClO. The van der Waals surface area contributed by atoms with E-state index in [4.69, 9.17) is 11.6 Å². The van der Waals surface area contributed by atoms with Crippen LogP contribution >= 0.6 is 11.6 Å². The Kier molecular flexibility index (Phi) is 4.15. The monoisotopic (exact) mass is 276 g/mol. The van der Waals surface area contributed by atoms with Gasteiger partial charge in [0.1, 0.15) is 0 Å². The molecule has 102 valence electrons. The van der Waals surface area contributed by atoms with Gasteiger partial charge in [-0.1, -0.05) is 44.5 Å². The maximum Gasteiger partial charge on any atom is 0.164 e. The summed E-state index contributed by atoms with van der Waals surface area (Å²) in [4.78, 5) is 12.7. The van der Waals surface area contributed by atoms with Crippen LogP contribution in [0.2, 0.25) is 5.02 Å². The fourth-order valence-corrected chi connectivity index (χ4v) is 2.81. The van der Waals surface area contributed by atoms with Gasteiger partial charge in [-0.25, -0.2) is 0 Å². The topological polar surface area (TPSA) is 17.1 Å². The van der Waals surface area contributed by atoms with Crippen molar-refractivity contribution < 1.29 is 4.79 Å². The van der Waals surface area contributed by atoms with E-state index in [1.54, 1.807) is 0 Å². The molecule has 0 aromatic heterocycles. The third-order valence-electron chi connectivity index (χ3n) is 4.44. The fraction of sp³-hybridized carbons (Fsp3) is 0.471. The maximum atomic E-state index is 12.7. The second kappa shape index (κ2) is 5.50. The summed E-state index contributed by atoms with van der Waals surface area (Å²) in [6.45, 7) is 6.39. The van der Waals surface area contributed by atoms with Gasteiger partial charge >= 0.3 is 0 Å². The van der Waals surface area contributed by atoms with Gasteiger partial charge in [0, 0.05) is 10.4 Å². The van der Waals surface area contributed by atoms with Crippen LogP contribution in [0.25, 0.3) is 6.08 Å². The number of halogens is 1. The van der Waals surface area contributed by atoms with E-state index in [9.17, 15) is 4.79 Å². The smallest absolute Gasteiger partial charge is 0.164 e. The van der Waals surface area contributed by atoms with Gasteiger partial charge < -0.3 is 0 Å². The van der Waals surface area contributed by atoms with Crippen molar-refractivity contribution in [3.8, 4) is 0 Å². The van der Waals surface area contributed by atoms with Gasteiger partial charge in [-0.15, -0.1) is 0 Å². The first-order valence-electron chi connectivity index (χ1n) is 6.94. The van der Waals surface area contributed by atoms with Gasteiger partial charge in [0.25, 0.3) is 0 Å². The zero-order valence-electron chi connectivity index (χ0n) is 11.9. The molecule has 19 heavy (non-hydrogen) atoms. The summed E-state index contributed by atoms with van der Waals surface area (Å²) in [5.41, 5.74) is 1.82. The molecule has 1 aromatic rings. The fourth-order valence-electron chi connectivity index (χ4n) is 2.69. The molecule has 1 aliphatic carbocycles. The van der Waals surface area contributed by atoms with E-state index in [1.165, 1.54) is 0 Å². The lowest BCUT2D eigenvalue weighted by Gasteiger charge is -2.37. The van der Waals surface area contributed by atoms with Crippen LogP contribution in [-0.4, -0.2) is 5.78 Å². The third-order valence-corrected chi connectivity index (χ3v) is 4.69. The quantitative estimate of drug-likeness (QED) is 0.684. The summed E-state index contributed by atoms with van der Waals surface area (Å²) in [6.07, 6.45) is 5.02. The van der Waals surface area contributed by atoms with Crippen LogP contribution in [0.4, 0.5) is 0 Å². The largest absolute Gasteiger partial charge is 0.294 e. The zero-order valence-corrected chi connectivity index (χ0v) is 12.6. The first-order valence-corrected chi connectivity index (χ1v) is 7.32. The lowest BCUT2D eigenvalue weighted by molar-refractivity contribution is -0.128. The predicted molar refractivity (Wildman–Crippen MR) is 81.2 cm³/mol. The first kappa shape index (κ1) is 14.3. The van der Waals surface area contributed by atoms with Gasteiger partial charge in [-0.3, -0.25) is 4.79 Å². The highest BCUT2D eigenvalue weighted by Gasteiger charge is 2.40. The lowest BCUT2D eigenvalue weighted by atomic mass is 9.66. The van der Waals surface area contributed by atoms with Crippen molar-refractivity contribution in [1.29, 1.82) is 0 Å². The molecule has 1 atom stereocenters. The molecule has 1 fully saturated rings. The Balaban J connectivity index is 2.29. The molecule has 1 nitrogen and oxygen atoms in total. The standard InChI is InChI=1S/C17H21ClO/c1-12(2)17(3)10-4-5-14(16(17)19)11-13-6-8-15(18)9-7-13/h6-9,11-12H,4-5,10H2,1-3H3/b14-11+. The molecular weight excluding hydrogens is 256 g/mol. The van der Waals surface area contributed by atoms with Gasteiger partial charge in [0.05, 0.1) is 0 Å². The number of rotatable bonds is 2. The minimum Gasteiger partial charge on any atom is -0.294 e. The lowest BCUT2D eigenvalue weighted by Crippen LogP contribution is -2.37. The van der Waals surface area contributed by atoms with E-state index in [0.717, 1.165) is 35.4 Å². The van der Waals surface area contributed by atoms with Crippen LogP contribution in [0, 0.1) is 11.3 Å². The van der Waals surface area contributed by atoms with Crippen LogP contribution in [0.15, 0.2) is 29.8 Å². The number of Topliss-reactive ketones (excluding diaryl/α,β-unsaturated/α-hetero) is 1. The van der Waals surface area contributed by atoms with E-state index in [2.05, 4.69) is 20.8 Å². The molecule has 2 rings (SSSR count). The van der Waals surface area contributed by atoms with Crippen molar-refractivity contribution in [2.24, 2.45) is 11.3 Å². The molecule has 0 spiro atoms. The predicted octanol–water partition coefficient (Wildman–Crippen LogP) is 5.14. The minimum absolute atomic E-state index is 0.198. The van der Waals surface area contributed by atoms with E-state index in [0.29, 0.717) is 11.7 Å². The third kappa shape index (κ3) is 2.92. The van der Waals surface area contributed by atoms with Crippen molar-refractivity contribution in [2.75, 3.05) is 0 Å². The number of carbonyl (C=O) groups is 1. The number of hydrogen-bond acceptors (Lipinski definition) is 1. The Morgan fingerprint density at radius 2 is 1.89 bits per heavy atom. The second-order valence-corrected chi connectivity index (χ2v) is 6.41. The van der Waals surface area contributed by atoms with E-state index < -0.39 is 0 Å². The Morgan fingerprint density at radius 1 is 1.26 bits per heavy atom. The average molecular weight is 277 g/mol. The molecule has 0 heterocycles. The van der Waals surface area contributed by atoms with Crippen LogP contribution < -0.4 is 0 Å². The molecule has 0 aliphatic heterocycles. The summed E-state index contributed by atoms with van der Waals surface area (Å²) in [6, 6.07) is 7.65. The zero-order chi connectivity index (χ0) is 14.0. The van der Waals surface area contributed by atoms with Gasteiger partial charge in [0.15, 0.2) is 5.78 Å². The normalized spacial score (nSPS) is 26.2. The summed E-state index contributed by atoms with van der Waals surface area (Å²) < 4.78 is 0. The highest BCUT2D eigenvalue weighted by atomic mass is 35.5. The average Bonchev–Trinajstić information content (AvgIpc) is 2.37. The maximum absolute atomic E-state index is 12.7. The minimum atomic E-state index is -0.198. The van der Waals surface area contributed by atoms with Crippen molar-refractivity contribution in [1.82, 2.24) is 0 Å². The highest BCUT2D eigenvalue weighted by molar-refractivity contribution is 6.30. The van der Waals surface area contributed by atoms with E-state index in [-0.39, 0.29) is 5.41 Å². The SMILES string of the molecule is CC(C)C1(C)CCC/C(=C\c2ccc(Cl)cc2)C1=O. The Labute approximate surface area is 120 Å². The molecule has 0 amide bonds. The summed E-state index contributed by atoms with van der Waals surface area (Å²) in [5.74, 6) is 0.706. The second-order valence-electron chi connectivity index (χ2n) is 5.98. The summed E-state index contributed by atoms with van der Waals surface area (Å²) in [5, 5.41) is 0.726. The first-order chi connectivity index (χ1) is 8.93. The number of carbonyl (C=O) groups excluding carboxylic acids is 1. The van der Waals surface area contributed by atoms with E-state index in [1.807, 2.05) is 30.3 Å². The molecule has 1 unspecified atom stereocenters. The van der Waals surface area contributed by atoms with Crippen LogP contribution in [0.1, 0.15) is 45.6 Å². The Morgan fingerprint density at radius 3 is 2.47 bits per heavy atom. The molecule has 1 aliphatic rings. The van der Waals surface area contributed by atoms with Crippen molar-refractivity contribution in [3.05, 3.63) is 40.4 Å². The molecule has 1 aromatic carbocycles. The number of ketones is 1. The Bertz CT molecular complexity index is 498. The van der Waals surface area contributed by atoms with Crippen LogP contribution in [-0.2, 0) is 4.79 Å². The Hall–Kier alpha value is -1.08. The van der Waals surface area contributed by atoms with Gasteiger partial charge in [-0.2, -0.15) is 0 Å². The molecule has 0 radical (unpaired) electrons. The van der Waals surface area contributed by atoms with Crippen molar-refractivity contribution in [3.63, 3.8) is 0 Å². The molecule has 0 bridgehead atoms. The van der Waals surface area contributed by atoms with Crippen LogP contribution in [0.5, 0.6) is 0 Å². The highest BCUT2D eigenvalue weighted by Crippen LogP contribution is 2.41. The number of benzene rings is 1. The van der Waals surface area contributed by atoms with Crippen molar-refractivity contribution in [2.45, 2.75) is 40.0 Å². The van der Waals surface area contributed by atoms with Crippen molar-refractivity contribution >= 4 is 23.5 Å². The summed E-state index contributed by atoms with van der Waals surface area (Å²) >= 11 is 5.88.